The average molecular weight is 1120 g/mol. The van der Waals surface area contributed by atoms with Gasteiger partial charge < -0.3 is 40.8 Å². The number of carbonyl (C=O) groups is 11. The molecule has 8 rings (SSSR count). The number of carboxylic acid groups (broad SMARTS) is 1. The Labute approximate surface area is 463 Å². The summed E-state index contributed by atoms with van der Waals surface area (Å²) < 4.78 is 22.1. The smallest absolute Gasteiger partial charge is 0.343 e. The van der Waals surface area contributed by atoms with E-state index in [-0.39, 0.29) is 112 Å². The SMILES string of the molecule is CC[C@@]1(O)C(=O)OCc2c1cc1n(c2=O)Cc2c-1nc1cc(F)c(C)c3c1c2[C@@H](NC(=O)CCCC(=O)CNC(=O)[C@@H](CC(=O)CNC(=O)CCC(=O)[C@H](CC(=O)O)NC(=O)CCCN1C(=O)CC(C)C1=O)Cc1ccccc1)CC3. The Hall–Kier alpha value is -8.34. The van der Waals surface area contributed by atoms with Crippen LogP contribution in [0.1, 0.15) is 136 Å². The standard InChI is InChI=1S/C58H64FN7O15/c1-4-58(80)39-23-44-53-37(28-66(44)56(78)38(39)29-81-57(58)79)52-41(16-15-36-31(3)40(59)24-43(64-53)51(36)52)62-47(71)13-8-12-34(67)26-61-54(76)33(21-32-10-6-5-7-11-32)22-35(68)27-60-46(70)18-17-45(69)42(25-50(74)75)63-48(72)14-9-19-65-49(73)20-30(2)55(65)77/h5-7,10-11,23-24,30,33,41-42,80H,4,8-9,12-22,25-29H2,1-3H3,(H,60,70)(H,61,76)(H,62,71)(H,63,72)(H,74,75)/t30?,33-,41+,42+,58+/m1/s1. The molecule has 23 heteroatoms. The first-order valence-electron chi connectivity index (χ1n) is 27.2. The largest absolute Gasteiger partial charge is 0.481 e. The zero-order valence-corrected chi connectivity index (χ0v) is 45.2. The number of nitrogens with zero attached hydrogens (tertiary/aromatic N) is 3. The molecule has 1 unspecified atom stereocenters. The molecule has 0 bridgehead atoms. The molecule has 5 heterocycles. The van der Waals surface area contributed by atoms with Gasteiger partial charge in [0.05, 0.1) is 60.6 Å². The van der Waals surface area contributed by atoms with Gasteiger partial charge in [-0.25, -0.2) is 14.2 Å². The summed E-state index contributed by atoms with van der Waals surface area (Å²) in [5.41, 5.74) is 1.93. The normalized spacial score (nSPS) is 18.5. The van der Waals surface area contributed by atoms with Crippen molar-refractivity contribution in [3.63, 3.8) is 0 Å². The minimum Gasteiger partial charge on any atom is -0.481 e. The van der Waals surface area contributed by atoms with Gasteiger partial charge in [0.25, 0.3) is 5.56 Å². The second kappa shape index (κ2) is 25.0. The van der Waals surface area contributed by atoms with Crippen molar-refractivity contribution in [3.05, 3.63) is 97.6 Å². The molecule has 1 saturated heterocycles. The number of ketones is 3. The minimum atomic E-state index is -2.06. The van der Waals surface area contributed by atoms with Crippen molar-refractivity contribution in [2.24, 2.45) is 11.8 Å². The summed E-state index contributed by atoms with van der Waals surface area (Å²) in [6, 6.07) is 9.63. The summed E-state index contributed by atoms with van der Waals surface area (Å²) in [5, 5.41) is 31.9. The third-order valence-electron chi connectivity index (χ3n) is 15.6. The zero-order chi connectivity index (χ0) is 58.4. The number of cyclic esters (lactones) is 1. The molecule has 4 aliphatic rings. The monoisotopic (exact) mass is 1120 g/mol. The van der Waals surface area contributed by atoms with Crippen molar-refractivity contribution >= 4 is 75.6 Å². The van der Waals surface area contributed by atoms with Gasteiger partial charge in [-0.2, -0.15) is 0 Å². The quantitative estimate of drug-likeness (QED) is 0.0343. The van der Waals surface area contributed by atoms with Gasteiger partial charge in [-0.1, -0.05) is 44.2 Å². The summed E-state index contributed by atoms with van der Waals surface area (Å²) in [6.45, 7) is 3.71. The number of esters is 1. The Morgan fingerprint density at radius 1 is 0.864 bits per heavy atom. The fraction of sp³-hybridized carbons (Fsp3) is 0.466. The highest BCUT2D eigenvalue weighted by Gasteiger charge is 2.46. The van der Waals surface area contributed by atoms with E-state index in [1.165, 1.54) is 10.6 Å². The number of amides is 6. The number of halogens is 1. The number of aryl methyl sites for hydroxylation is 1. The van der Waals surface area contributed by atoms with Crippen molar-refractivity contribution in [2.45, 2.75) is 141 Å². The number of imide groups is 1. The Morgan fingerprint density at radius 2 is 1.59 bits per heavy atom. The van der Waals surface area contributed by atoms with Gasteiger partial charge in [-0.3, -0.25) is 57.6 Å². The summed E-state index contributed by atoms with van der Waals surface area (Å²) in [6.07, 6.45) is -1.26. The van der Waals surface area contributed by atoms with E-state index in [4.69, 9.17) is 9.72 Å². The molecule has 0 spiro atoms. The molecule has 0 saturated carbocycles. The number of nitrogens with one attached hydrogen (secondary N) is 4. The van der Waals surface area contributed by atoms with Crippen molar-refractivity contribution in [2.75, 3.05) is 19.6 Å². The summed E-state index contributed by atoms with van der Waals surface area (Å²) in [4.78, 5) is 160. The van der Waals surface area contributed by atoms with Crippen molar-refractivity contribution in [1.82, 2.24) is 35.7 Å². The number of aliphatic hydroxyl groups is 1. The fourth-order valence-electron chi connectivity index (χ4n) is 11.2. The highest BCUT2D eigenvalue weighted by Crippen LogP contribution is 2.46. The van der Waals surface area contributed by atoms with Gasteiger partial charge in [0, 0.05) is 85.9 Å². The van der Waals surface area contributed by atoms with E-state index in [0.29, 0.717) is 51.8 Å². The van der Waals surface area contributed by atoms with Crippen LogP contribution in [0.5, 0.6) is 0 Å². The number of hydrogen-bond donors (Lipinski definition) is 6. The predicted molar refractivity (Wildman–Crippen MR) is 285 cm³/mol. The maximum atomic E-state index is 15.4. The van der Waals surface area contributed by atoms with Crippen LogP contribution in [-0.4, -0.2) is 115 Å². The molecule has 81 heavy (non-hydrogen) atoms. The lowest BCUT2D eigenvalue weighted by Gasteiger charge is -2.31. The second-order valence-corrected chi connectivity index (χ2v) is 21.3. The molecule has 2 aromatic carbocycles. The van der Waals surface area contributed by atoms with Crippen LogP contribution in [0.2, 0.25) is 0 Å². The molecule has 5 atom stereocenters. The number of carboxylic acids is 1. The Balaban J connectivity index is 0.823. The minimum absolute atomic E-state index is 0.0105. The lowest BCUT2D eigenvalue weighted by molar-refractivity contribution is -0.172. The number of rotatable bonds is 26. The van der Waals surface area contributed by atoms with Crippen LogP contribution in [0.3, 0.4) is 0 Å². The molecule has 3 aliphatic heterocycles. The third kappa shape index (κ3) is 13.0. The third-order valence-corrected chi connectivity index (χ3v) is 15.6. The number of fused-ring (bicyclic) bond motifs is 5. The van der Waals surface area contributed by atoms with Crippen molar-refractivity contribution in [3.8, 4) is 11.4 Å². The van der Waals surface area contributed by atoms with Gasteiger partial charge in [0.15, 0.2) is 23.0 Å². The molecule has 2 aromatic heterocycles. The summed E-state index contributed by atoms with van der Waals surface area (Å²) in [7, 11) is 0. The lowest BCUT2D eigenvalue weighted by atomic mass is 9.81. The van der Waals surface area contributed by atoms with Crippen LogP contribution in [0.25, 0.3) is 22.3 Å². The number of hydrogen-bond acceptors (Lipinski definition) is 15. The molecular formula is C58H64FN7O15. The van der Waals surface area contributed by atoms with Crippen LogP contribution in [0.15, 0.2) is 47.3 Å². The van der Waals surface area contributed by atoms with E-state index in [0.717, 1.165) is 16.0 Å². The van der Waals surface area contributed by atoms with Gasteiger partial charge in [-0.15, -0.1) is 0 Å². The molecule has 22 nitrogen and oxygen atoms in total. The molecule has 0 radical (unpaired) electrons. The molecule has 6 N–H and O–H groups in total. The number of Topliss-reactive ketones (excluding diaryl/α,β-unsaturated/α-hetero) is 3. The number of aliphatic carboxylic acids is 1. The van der Waals surface area contributed by atoms with E-state index < -0.39 is 114 Å². The maximum Gasteiger partial charge on any atom is 0.343 e. The first-order valence-corrected chi connectivity index (χ1v) is 27.2. The number of aromatic nitrogens is 2. The summed E-state index contributed by atoms with van der Waals surface area (Å²) >= 11 is 0. The van der Waals surface area contributed by atoms with E-state index in [1.54, 1.807) is 57.2 Å². The number of pyridine rings is 2. The predicted octanol–water partition coefficient (Wildman–Crippen LogP) is 2.90. The highest BCUT2D eigenvalue weighted by atomic mass is 19.1. The van der Waals surface area contributed by atoms with E-state index in [2.05, 4.69) is 21.3 Å². The number of carbonyl (C=O) groups excluding carboxylic acids is 10. The van der Waals surface area contributed by atoms with Gasteiger partial charge in [-0.05, 0) is 73.8 Å². The van der Waals surface area contributed by atoms with Crippen LogP contribution < -0.4 is 26.8 Å². The number of likely N-dealkylation sites (tertiary alicyclic amines) is 1. The van der Waals surface area contributed by atoms with Gasteiger partial charge in [0.2, 0.25) is 35.4 Å². The molecule has 1 aliphatic carbocycles. The Bertz CT molecular complexity index is 3340. The summed E-state index contributed by atoms with van der Waals surface area (Å²) in [5.74, 6) is -8.92. The first-order chi connectivity index (χ1) is 38.6. The lowest BCUT2D eigenvalue weighted by Crippen LogP contribution is -2.44. The highest BCUT2D eigenvalue weighted by molar-refractivity contribution is 6.03. The Morgan fingerprint density at radius 3 is 2.30 bits per heavy atom. The molecule has 428 valence electrons. The Kier molecular flexibility index (Phi) is 18.1. The van der Waals surface area contributed by atoms with Crippen LogP contribution in [0.4, 0.5) is 4.39 Å². The van der Waals surface area contributed by atoms with Gasteiger partial charge >= 0.3 is 11.9 Å². The van der Waals surface area contributed by atoms with Gasteiger partial charge in [0.1, 0.15) is 12.4 Å². The van der Waals surface area contributed by atoms with Crippen LogP contribution >= 0.6 is 0 Å². The second-order valence-electron chi connectivity index (χ2n) is 21.3. The zero-order valence-electron chi connectivity index (χ0n) is 45.2. The number of benzene rings is 2. The van der Waals surface area contributed by atoms with Crippen LogP contribution in [-0.2, 0) is 89.1 Å². The molecule has 1 fully saturated rings. The van der Waals surface area contributed by atoms with E-state index in [9.17, 15) is 67.7 Å². The fourth-order valence-corrected chi connectivity index (χ4v) is 11.2. The van der Waals surface area contributed by atoms with Crippen molar-refractivity contribution in [1.29, 1.82) is 0 Å². The average Bonchev–Trinajstić information content (AvgIpc) is 2.39. The van der Waals surface area contributed by atoms with E-state index in [1.807, 2.05) is 0 Å². The van der Waals surface area contributed by atoms with Crippen LogP contribution in [0, 0.1) is 24.6 Å². The van der Waals surface area contributed by atoms with E-state index >= 15 is 4.39 Å². The first kappa shape index (κ1) is 58.8. The topological polar surface area (TPSA) is 324 Å². The molecule has 6 amide bonds. The maximum absolute atomic E-state index is 15.4. The molecular weight excluding hydrogens is 1050 g/mol. The van der Waals surface area contributed by atoms with Crippen molar-refractivity contribution < 1.29 is 72.1 Å². The number of ether oxygens (including phenoxy) is 1. The molecule has 4 aromatic rings.